The lowest BCUT2D eigenvalue weighted by molar-refractivity contribution is -0.137. The van der Waals surface area contributed by atoms with Gasteiger partial charge in [-0.1, -0.05) is 12.1 Å². The monoisotopic (exact) mass is 432 g/mol. The van der Waals surface area contributed by atoms with Crippen molar-refractivity contribution in [3.05, 3.63) is 58.9 Å². The molecule has 0 radical (unpaired) electrons. The highest BCUT2D eigenvalue weighted by molar-refractivity contribution is 5.94. The number of ketones is 1. The number of carbonyl (C=O) groups is 1. The first-order valence-corrected chi connectivity index (χ1v) is 9.27. The van der Waals surface area contributed by atoms with Gasteiger partial charge in [0.25, 0.3) is 0 Å². The van der Waals surface area contributed by atoms with Crippen LogP contribution < -0.4 is 5.73 Å². The van der Waals surface area contributed by atoms with Crippen LogP contribution >= 0.6 is 12.4 Å². The average Bonchev–Trinajstić information content (AvgIpc) is 3.00. The molecular weight excluding hydrogens is 405 g/mol. The summed E-state index contributed by atoms with van der Waals surface area (Å²) in [5.41, 5.74) is 6.97. The minimum Gasteiger partial charge on any atom is -0.394 e. The molecule has 0 aliphatic heterocycles. The van der Waals surface area contributed by atoms with Crippen LogP contribution in [0.1, 0.15) is 53.5 Å². The molecule has 162 valence electrons. The molecule has 3 N–H and O–H groups in total. The Bertz CT molecular complexity index is 799. The van der Waals surface area contributed by atoms with Crippen molar-refractivity contribution < 1.29 is 23.1 Å². The molecule has 0 bridgehead atoms. The van der Waals surface area contributed by atoms with Crippen LogP contribution in [0.3, 0.4) is 0 Å². The number of nitrogens with two attached hydrogens (primary N) is 1. The zero-order chi connectivity index (χ0) is 20.9. The van der Waals surface area contributed by atoms with Crippen molar-refractivity contribution in [2.24, 2.45) is 12.8 Å². The van der Waals surface area contributed by atoms with Crippen LogP contribution in [0.15, 0.2) is 36.4 Å². The SMILES string of the molecule is Cl.Cn1c(CC[C@@](C)(N)CO)ccc1C(=O)CCCc1ccc(C(F)(F)F)cc1. The molecule has 1 heterocycles. The summed E-state index contributed by atoms with van der Waals surface area (Å²) in [6.45, 7) is 1.68. The summed E-state index contributed by atoms with van der Waals surface area (Å²) in [5, 5.41) is 9.24. The van der Waals surface area contributed by atoms with E-state index in [1.54, 1.807) is 13.0 Å². The molecule has 8 heteroatoms. The van der Waals surface area contributed by atoms with E-state index in [1.165, 1.54) is 12.1 Å². The number of Topliss-reactive ketones (excluding diaryl/α,β-unsaturated/α-hetero) is 1. The second kappa shape index (κ2) is 10.3. The summed E-state index contributed by atoms with van der Waals surface area (Å²) in [5.74, 6) is -0.00155. The molecule has 2 rings (SSSR count). The maximum absolute atomic E-state index is 12.6. The molecule has 0 fully saturated rings. The molecule has 2 aromatic rings. The molecule has 0 amide bonds. The van der Waals surface area contributed by atoms with Gasteiger partial charge in [-0.05, 0) is 62.4 Å². The van der Waals surface area contributed by atoms with E-state index < -0.39 is 17.3 Å². The molecule has 0 aliphatic rings. The van der Waals surface area contributed by atoms with Crippen molar-refractivity contribution in [3.63, 3.8) is 0 Å². The zero-order valence-electron chi connectivity index (χ0n) is 16.6. The van der Waals surface area contributed by atoms with Gasteiger partial charge in [0.2, 0.25) is 0 Å². The first kappa shape index (κ1) is 25.2. The zero-order valence-corrected chi connectivity index (χ0v) is 17.4. The number of alkyl halides is 3. The average molecular weight is 433 g/mol. The van der Waals surface area contributed by atoms with Crippen LogP contribution in [0.4, 0.5) is 13.2 Å². The van der Waals surface area contributed by atoms with Gasteiger partial charge in [0.05, 0.1) is 17.9 Å². The van der Waals surface area contributed by atoms with Crippen molar-refractivity contribution in [1.82, 2.24) is 4.57 Å². The van der Waals surface area contributed by atoms with Crippen molar-refractivity contribution in [2.45, 2.75) is 50.7 Å². The Kier molecular flexibility index (Phi) is 8.93. The van der Waals surface area contributed by atoms with Gasteiger partial charge in [0, 0.05) is 24.7 Å². The number of aryl methyl sites for hydroxylation is 2. The molecule has 29 heavy (non-hydrogen) atoms. The number of benzene rings is 1. The van der Waals surface area contributed by atoms with Gasteiger partial charge >= 0.3 is 6.18 Å². The fourth-order valence-electron chi connectivity index (χ4n) is 3.02. The Hall–Kier alpha value is -1.83. The largest absolute Gasteiger partial charge is 0.416 e. The number of aliphatic hydroxyl groups excluding tert-OH is 1. The van der Waals surface area contributed by atoms with Gasteiger partial charge in [-0.3, -0.25) is 4.79 Å². The van der Waals surface area contributed by atoms with E-state index in [2.05, 4.69) is 0 Å². The summed E-state index contributed by atoms with van der Waals surface area (Å²) < 4.78 is 39.6. The summed E-state index contributed by atoms with van der Waals surface area (Å²) in [4.78, 5) is 12.5. The highest BCUT2D eigenvalue weighted by Gasteiger charge is 2.29. The molecule has 0 saturated carbocycles. The molecule has 0 saturated heterocycles. The topological polar surface area (TPSA) is 68.2 Å². The number of rotatable bonds is 9. The van der Waals surface area contributed by atoms with Crippen molar-refractivity contribution in [2.75, 3.05) is 6.61 Å². The van der Waals surface area contributed by atoms with Crippen LogP contribution in [0, 0.1) is 0 Å². The molecule has 4 nitrogen and oxygen atoms in total. The first-order valence-electron chi connectivity index (χ1n) is 9.27. The Morgan fingerprint density at radius 3 is 2.28 bits per heavy atom. The third kappa shape index (κ3) is 7.17. The molecule has 1 aromatic carbocycles. The van der Waals surface area contributed by atoms with Crippen molar-refractivity contribution in [3.8, 4) is 0 Å². The lowest BCUT2D eigenvalue weighted by Crippen LogP contribution is -2.40. The predicted molar refractivity (Wildman–Crippen MR) is 109 cm³/mol. The fourth-order valence-corrected chi connectivity index (χ4v) is 3.02. The first-order chi connectivity index (χ1) is 13.0. The van der Waals surface area contributed by atoms with Gasteiger partial charge in [-0.15, -0.1) is 12.4 Å². The number of hydrogen-bond donors (Lipinski definition) is 2. The van der Waals surface area contributed by atoms with Crippen LogP contribution in [-0.4, -0.2) is 27.6 Å². The number of halogens is 4. The van der Waals surface area contributed by atoms with Gasteiger partial charge in [0.15, 0.2) is 5.78 Å². The number of aliphatic hydroxyl groups is 1. The maximum Gasteiger partial charge on any atom is 0.416 e. The van der Waals surface area contributed by atoms with Crippen LogP contribution in [-0.2, 0) is 26.1 Å². The Balaban J connectivity index is 0.00000420. The normalized spacial score (nSPS) is 13.6. The standard InChI is InChI=1S/C21H27F3N2O2.ClH/c1-20(25,14-27)13-12-17-10-11-18(26(17)2)19(28)5-3-4-15-6-8-16(9-7-15)21(22,23)24;/h6-11,27H,3-5,12-14,25H2,1-2H3;1H/t20-;/m1./s1. The van der Waals surface area contributed by atoms with E-state index in [9.17, 15) is 23.1 Å². The molecule has 0 aliphatic carbocycles. The van der Waals surface area contributed by atoms with Crippen molar-refractivity contribution in [1.29, 1.82) is 0 Å². The molecule has 0 spiro atoms. The third-order valence-electron chi connectivity index (χ3n) is 4.98. The van der Waals surface area contributed by atoms with E-state index in [4.69, 9.17) is 5.73 Å². The smallest absolute Gasteiger partial charge is 0.394 e. The molecular formula is C21H28ClF3N2O2. The van der Waals surface area contributed by atoms with Gasteiger partial charge in [-0.25, -0.2) is 0 Å². The quantitative estimate of drug-likeness (QED) is 0.580. The van der Waals surface area contributed by atoms with E-state index >= 15 is 0 Å². The Morgan fingerprint density at radius 2 is 1.72 bits per heavy atom. The van der Waals surface area contributed by atoms with E-state index in [-0.39, 0.29) is 24.8 Å². The fraction of sp³-hybridized carbons (Fsp3) is 0.476. The minimum atomic E-state index is -4.34. The molecule has 0 unspecified atom stereocenters. The summed E-state index contributed by atoms with van der Waals surface area (Å²) in [6, 6.07) is 8.72. The van der Waals surface area contributed by atoms with Gasteiger partial charge in [-0.2, -0.15) is 13.2 Å². The minimum absolute atomic E-state index is 0. The second-order valence-electron chi connectivity index (χ2n) is 7.55. The summed E-state index contributed by atoms with van der Waals surface area (Å²) in [7, 11) is 1.82. The highest BCUT2D eigenvalue weighted by atomic mass is 35.5. The van der Waals surface area contributed by atoms with Gasteiger partial charge in [0.1, 0.15) is 0 Å². The second-order valence-corrected chi connectivity index (χ2v) is 7.55. The van der Waals surface area contributed by atoms with Crippen molar-refractivity contribution >= 4 is 18.2 Å². The number of nitrogens with zero attached hydrogens (tertiary/aromatic N) is 1. The number of aromatic nitrogens is 1. The maximum atomic E-state index is 12.6. The van der Waals surface area contributed by atoms with Crippen LogP contribution in [0.25, 0.3) is 0 Å². The van der Waals surface area contributed by atoms with Gasteiger partial charge < -0.3 is 15.4 Å². The number of hydrogen-bond acceptors (Lipinski definition) is 3. The highest BCUT2D eigenvalue weighted by Crippen LogP contribution is 2.29. The Labute approximate surface area is 175 Å². The lowest BCUT2D eigenvalue weighted by Gasteiger charge is -2.21. The predicted octanol–water partition coefficient (Wildman–Crippen LogP) is 4.31. The van der Waals surface area contributed by atoms with Crippen LogP contribution in [0.2, 0.25) is 0 Å². The van der Waals surface area contributed by atoms with E-state index in [1.807, 2.05) is 17.7 Å². The Morgan fingerprint density at radius 1 is 1.10 bits per heavy atom. The molecule has 1 atom stereocenters. The molecule has 1 aromatic heterocycles. The van der Waals surface area contributed by atoms with E-state index in [0.717, 1.165) is 23.4 Å². The van der Waals surface area contributed by atoms with E-state index in [0.29, 0.717) is 37.8 Å². The number of carbonyl (C=O) groups excluding carboxylic acids is 1. The summed E-state index contributed by atoms with van der Waals surface area (Å²) >= 11 is 0. The third-order valence-corrected chi connectivity index (χ3v) is 4.98. The summed E-state index contributed by atoms with van der Waals surface area (Å²) in [6.07, 6.45) is -1.65. The lowest BCUT2D eigenvalue weighted by atomic mass is 9.97. The van der Waals surface area contributed by atoms with Crippen LogP contribution in [0.5, 0.6) is 0 Å².